The highest BCUT2D eigenvalue weighted by Gasteiger charge is 2.24. The number of amides is 2. The number of fused-ring (bicyclic) bond motifs is 1. The fraction of sp³-hybridized carbons (Fsp3) is 0.389. The molecule has 0 aliphatic carbocycles. The van der Waals surface area contributed by atoms with Gasteiger partial charge in [-0.05, 0) is 24.6 Å². The standard InChI is InChI=1S/C18H21FN8O/c1-2-27-17-15(23-24-27)16(21-12-22-17)25-7-9-26(10-8-25)18(28)20-11-13-3-5-14(19)6-4-13/h3-6,12H,2,7-11H2,1H3,(H,20,28). The Balaban J connectivity index is 1.36. The van der Waals surface area contributed by atoms with Crippen LogP contribution in [0.25, 0.3) is 11.2 Å². The highest BCUT2D eigenvalue weighted by molar-refractivity contribution is 5.82. The third-order valence-electron chi connectivity index (χ3n) is 4.80. The maximum atomic E-state index is 13.0. The summed E-state index contributed by atoms with van der Waals surface area (Å²) < 4.78 is 14.7. The summed E-state index contributed by atoms with van der Waals surface area (Å²) in [5.41, 5.74) is 2.25. The molecule has 2 amide bonds. The number of benzene rings is 1. The van der Waals surface area contributed by atoms with Crippen molar-refractivity contribution in [3.63, 3.8) is 0 Å². The van der Waals surface area contributed by atoms with Gasteiger partial charge in [-0.25, -0.2) is 23.8 Å². The van der Waals surface area contributed by atoms with Crippen LogP contribution in [0, 0.1) is 5.82 Å². The smallest absolute Gasteiger partial charge is 0.317 e. The lowest BCUT2D eigenvalue weighted by Crippen LogP contribution is -2.52. The van der Waals surface area contributed by atoms with E-state index in [0.29, 0.717) is 50.4 Å². The van der Waals surface area contributed by atoms with Gasteiger partial charge < -0.3 is 15.1 Å². The lowest BCUT2D eigenvalue weighted by Gasteiger charge is -2.35. The van der Waals surface area contributed by atoms with E-state index < -0.39 is 0 Å². The van der Waals surface area contributed by atoms with E-state index in [-0.39, 0.29) is 11.8 Å². The number of rotatable bonds is 4. The van der Waals surface area contributed by atoms with Crippen LogP contribution in [0.15, 0.2) is 30.6 Å². The van der Waals surface area contributed by atoms with Gasteiger partial charge in [0.25, 0.3) is 0 Å². The van der Waals surface area contributed by atoms with Crippen molar-refractivity contribution in [1.82, 2.24) is 35.2 Å². The fourth-order valence-corrected chi connectivity index (χ4v) is 3.24. The molecule has 9 nitrogen and oxygen atoms in total. The maximum absolute atomic E-state index is 13.0. The highest BCUT2D eigenvalue weighted by Crippen LogP contribution is 2.21. The number of aryl methyl sites for hydroxylation is 1. The molecule has 4 rings (SSSR count). The molecule has 10 heteroatoms. The number of aromatic nitrogens is 5. The molecule has 0 unspecified atom stereocenters. The summed E-state index contributed by atoms with van der Waals surface area (Å²) in [6.45, 7) is 5.48. The monoisotopic (exact) mass is 384 g/mol. The molecule has 146 valence electrons. The van der Waals surface area contributed by atoms with Crippen LogP contribution in [0.2, 0.25) is 0 Å². The second kappa shape index (κ2) is 7.75. The zero-order chi connectivity index (χ0) is 19.5. The van der Waals surface area contributed by atoms with Crippen molar-refractivity contribution in [3.05, 3.63) is 42.0 Å². The lowest BCUT2D eigenvalue weighted by atomic mass is 10.2. The molecule has 1 aliphatic heterocycles. The number of anilines is 1. The van der Waals surface area contributed by atoms with Crippen molar-refractivity contribution in [2.45, 2.75) is 20.0 Å². The summed E-state index contributed by atoms with van der Waals surface area (Å²) in [5, 5.41) is 11.2. The Bertz CT molecular complexity index is 965. The molecular weight excluding hydrogens is 363 g/mol. The highest BCUT2D eigenvalue weighted by atomic mass is 19.1. The number of nitrogens with one attached hydrogen (secondary N) is 1. The van der Waals surface area contributed by atoms with Crippen LogP contribution < -0.4 is 10.2 Å². The SMILES string of the molecule is CCn1nnc2c(N3CCN(C(=O)NCc4ccc(F)cc4)CC3)ncnc21. The topological polar surface area (TPSA) is 92.1 Å². The van der Waals surface area contributed by atoms with Crippen molar-refractivity contribution in [2.75, 3.05) is 31.1 Å². The summed E-state index contributed by atoms with van der Waals surface area (Å²) in [6, 6.07) is 5.97. The summed E-state index contributed by atoms with van der Waals surface area (Å²) in [5.74, 6) is 0.458. The van der Waals surface area contributed by atoms with Gasteiger partial charge in [-0.15, -0.1) is 5.10 Å². The molecule has 1 aromatic carbocycles. The molecule has 2 aromatic heterocycles. The molecule has 3 aromatic rings. The Morgan fingerprint density at radius 1 is 1.14 bits per heavy atom. The van der Waals surface area contributed by atoms with Gasteiger partial charge in [0.05, 0.1) is 0 Å². The first-order chi connectivity index (χ1) is 13.7. The number of carbonyl (C=O) groups is 1. The van der Waals surface area contributed by atoms with Crippen molar-refractivity contribution in [2.24, 2.45) is 0 Å². The Morgan fingerprint density at radius 3 is 2.61 bits per heavy atom. The first-order valence-electron chi connectivity index (χ1n) is 9.22. The zero-order valence-electron chi connectivity index (χ0n) is 15.5. The van der Waals surface area contributed by atoms with Gasteiger partial charge in [0, 0.05) is 39.3 Å². The summed E-state index contributed by atoms with van der Waals surface area (Å²) in [7, 11) is 0. The number of piperazine rings is 1. The van der Waals surface area contributed by atoms with E-state index in [4.69, 9.17) is 0 Å². The first kappa shape index (κ1) is 18.1. The van der Waals surface area contributed by atoms with E-state index in [0.717, 1.165) is 11.4 Å². The molecule has 0 saturated carbocycles. The van der Waals surface area contributed by atoms with E-state index in [1.807, 2.05) is 6.92 Å². The van der Waals surface area contributed by atoms with Gasteiger partial charge >= 0.3 is 6.03 Å². The Morgan fingerprint density at radius 2 is 1.89 bits per heavy atom. The summed E-state index contributed by atoms with van der Waals surface area (Å²) in [6.07, 6.45) is 1.52. The Hall–Kier alpha value is -3.30. The van der Waals surface area contributed by atoms with Crippen LogP contribution in [0.5, 0.6) is 0 Å². The predicted molar refractivity (Wildman–Crippen MR) is 101 cm³/mol. The van der Waals surface area contributed by atoms with E-state index in [1.54, 1.807) is 21.7 Å². The molecule has 0 bridgehead atoms. The maximum Gasteiger partial charge on any atom is 0.317 e. The number of nitrogens with zero attached hydrogens (tertiary/aromatic N) is 7. The van der Waals surface area contributed by atoms with Crippen LogP contribution in [-0.2, 0) is 13.1 Å². The zero-order valence-corrected chi connectivity index (χ0v) is 15.5. The lowest BCUT2D eigenvalue weighted by molar-refractivity contribution is 0.194. The van der Waals surface area contributed by atoms with E-state index >= 15 is 0 Å². The van der Waals surface area contributed by atoms with Crippen LogP contribution >= 0.6 is 0 Å². The second-order valence-corrected chi connectivity index (χ2v) is 6.53. The quantitative estimate of drug-likeness (QED) is 0.731. The molecule has 1 aliphatic rings. The Kier molecular flexibility index (Phi) is 5.00. The average molecular weight is 384 g/mol. The third kappa shape index (κ3) is 3.57. The summed E-state index contributed by atoms with van der Waals surface area (Å²) in [4.78, 5) is 24.9. The number of hydrogen-bond donors (Lipinski definition) is 1. The molecule has 0 radical (unpaired) electrons. The van der Waals surface area contributed by atoms with Gasteiger partial charge in [0.15, 0.2) is 17.0 Å². The fourth-order valence-electron chi connectivity index (χ4n) is 3.24. The number of urea groups is 1. The second-order valence-electron chi connectivity index (χ2n) is 6.53. The van der Waals surface area contributed by atoms with Crippen LogP contribution in [0.4, 0.5) is 15.0 Å². The van der Waals surface area contributed by atoms with E-state index in [2.05, 4.69) is 30.5 Å². The molecule has 1 saturated heterocycles. The molecule has 0 spiro atoms. The number of halogens is 1. The molecule has 0 atom stereocenters. The molecule has 1 fully saturated rings. The third-order valence-corrected chi connectivity index (χ3v) is 4.80. The number of hydrogen-bond acceptors (Lipinski definition) is 6. The van der Waals surface area contributed by atoms with Gasteiger partial charge in [-0.2, -0.15) is 0 Å². The number of carbonyl (C=O) groups excluding carboxylic acids is 1. The molecule has 1 N–H and O–H groups in total. The van der Waals surface area contributed by atoms with Crippen molar-refractivity contribution in [3.8, 4) is 0 Å². The van der Waals surface area contributed by atoms with Crippen molar-refractivity contribution < 1.29 is 9.18 Å². The molecule has 3 heterocycles. The van der Waals surface area contributed by atoms with Gasteiger partial charge in [-0.3, -0.25) is 0 Å². The van der Waals surface area contributed by atoms with Gasteiger partial charge in [0.2, 0.25) is 0 Å². The Labute approximate surface area is 161 Å². The van der Waals surface area contributed by atoms with Crippen molar-refractivity contribution >= 4 is 23.0 Å². The minimum atomic E-state index is -0.288. The van der Waals surface area contributed by atoms with E-state index in [9.17, 15) is 9.18 Å². The minimum Gasteiger partial charge on any atom is -0.351 e. The van der Waals surface area contributed by atoms with E-state index in [1.165, 1.54) is 18.5 Å². The van der Waals surface area contributed by atoms with Crippen LogP contribution in [-0.4, -0.2) is 62.1 Å². The largest absolute Gasteiger partial charge is 0.351 e. The van der Waals surface area contributed by atoms with Crippen molar-refractivity contribution in [1.29, 1.82) is 0 Å². The predicted octanol–water partition coefficient (Wildman–Crippen LogP) is 1.41. The minimum absolute atomic E-state index is 0.131. The normalized spacial score (nSPS) is 14.5. The van der Waals surface area contributed by atoms with Gasteiger partial charge in [-0.1, -0.05) is 17.3 Å². The molecular formula is C18H21FN8O. The van der Waals surface area contributed by atoms with Crippen LogP contribution in [0.3, 0.4) is 0 Å². The molecule has 28 heavy (non-hydrogen) atoms. The first-order valence-corrected chi connectivity index (χ1v) is 9.22. The average Bonchev–Trinajstić information content (AvgIpc) is 3.16. The van der Waals surface area contributed by atoms with Gasteiger partial charge in [0.1, 0.15) is 12.1 Å². The van der Waals surface area contributed by atoms with Crippen LogP contribution in [0.1, 0.15) is 12.5 Å². The summed E-state index contributed by atoms with van der Waals surface area (Å²) >= 11 is 0.